The van der Waals surface area contributed by atoms with Gasteiger partial charge in [0.05, 0.1) is 12.1 Å². The van der Waals surface area contributed by atoms with Gasteiger partial charge in [0, 0.05) is 26.7 Å². The minimum Gasteiger partial charge on any atom is -0.380 e. The highest BCUT2D eigenvalue weighted by Gasteiger charge is 2.32. The maximum Gasteiger partial charge on any atom is 0.239 e. The molecule has 0 aromatic heterocycles. The van der Waals surface area contributed by atoms with Crippen LogP contribution in [0.15, 0.2) is 0 Å². The smallest absolute Gasteiger partial charge is 0.239 e. The number of amides is 1. The molecule has 2 fully saturated rings. The van der Waals surface area contributed by atoms with Gasteiger partial charge in [-0.05, 0) is 19.3 Å². The number of nitrogens with zero attached hydrogens (tertiary/aromatic N) is 1. The van der Waals surface area contributed by atoms with Crippen molar-refractivity contribution in [2.75, 3.05) is 26.7 Å². The monoisotopic (exact) mass is 198 g/mol. The summed E-state index contributed by atoms with van der Waals surface area (Å²) in [4.78, 5) is 13.9. The second-order valence-electron chi connectivity index (χ2n) is 4.09. The van der Waals surface area contributed by atoms with Crippen LogP contribution in [-0.2, 0) is 9.53 Å². The van der Waals surface area contributed by atoms with Crippen molar-refractivity contribution >= 4 is 5.91 Å². The van der Waals surface area contributed by atoms with Crippen LogP contribution in [0.4, 0.5) is 0 Å². The average Bonchev–Trinajstić information content (AvgIpc) is 2.88. The van der Waals surface area contributed by atoms with E-state index in [0.717, 1.165) is 38.9 Å². The van der Waals surface area contributed by atoms with Gasteiger partial charge >= 0.3 is 0 Å². The van der Waals surface area contributed by atoms with Crippen LogP contribution >= 0.6 is 0 Å². The largest absolute Gasteiger partial charge is 0.380 e. The molecule has 14 heavy (non-hydrogen) atoms. The van der Waals surface area contributed by atoms with Crippen molar-refractivity contribution in [3.63, 3.8) is 0 Å². The minimum absolute atomic E-state index is 0.00181. The Kier molecular flexibility index (Phi) is 3.03. The third kappa shape index (κ3) is 1.91. The Morgan fingerprint density at radius 2 is 2.14 bits per heavy atom. The van der Waals surface area contributed by atoms with Crippen LogP contribution in [0.5, 0.6) is 0 Å². The number of methoxy groups -OCH3 is 1. The summed E-state index contributed by atoms with van der Waals surface area (Å²) in [5.41, 5.74) is 0. The lowest BCUT2D eigenvalue weighted by Gasteiger charge is -2.19. The number of likely N-dealkylation sites (tertiary alicyclic amines) is 1. The summed E-state index contributed by atoms with van der Waals surface area (Å²) in [6.45, 7) is 2.68. The molecule has 2 saturated heterocycles. The molecular weight excluding hydrogens is 180 g/mol. The predicted octanol–water partition coefficient (Wildman–Crippen LogP) is -0.0143. The molecule has 2 rings (SSSR count). The Labute approximate surface area is 84.6 Å². The van der Waals surface area contributed by atoms with E-state index in [2.05, 4.69) is 5.32 Å². The number of hydrogen-bond acceptors (Lipinski definition) is 3. The van der Waals surface area contributed by atoms with E-state index in [1.807, 2.05) is 4.90 Å². The first kappa shape index (κ1) is 9.93. The molecule has 0 saturated carbocycles. The van der Waals surface area contributed by atoms with E-state index >= 15 is 0 Å². The first-order chi connectivity index (χ1) is 6.81. The van der Waals surface area contributed by atoms with Crippen molar-refractivity contribution < 1.29 is 9.53 Å². The Morgan fingerprint density at radius 3 is 2.71 bits per heavy atom. The van der Waals surface area contributed by atoms with Crippen LogP contribution in [0.2, 0.25) is 0 Å². The zero-order valence-corrected chi connectivity index (χ0v) is 8.66. The van der Waals surface area contributed by atoms with Gasteiger partial charge in [0.1, 0.15) is 0 Å². The van der Waals surface area contributed by atoms with Crippen LogP contribution in [0, 0.1) is 0 Å². The van der Waals surface area contributed by atoms with E-state index < -0.39 is 0 Å². The molecule has 1 amide bonds. The van der Waals surface area contributed by atoms with Crippen LogP contribution < -0.4 is 5.32 Å². The number of carbonyl (C=O) groups excluding carboxylic acids is 1. The van der Waals surface area contributed by atoms with Gasteiger partial charge in [-0.3, -0.25) is 4.79 Å². The highest BCUT2D eigenvalue weighted by molar-refractivity contribution is 5.82. The van der Waals surface area contributed by atoms with Crippen molar-refractivity contribution in [3.05, 3.63) is 0 Å². The fraction of sp³-hybridized carbons (Fsp3) is 0.900. The molecule has 0 aliphatic carbocycles. The first-order valence-electron chi connectivity index (χ1n) is 5.36. The topological polar surface area (TPSA) is 41.6 Å². The summed E-state index contributed by atoms with van der Waals surface area (Å²) in [6.07, 6.45) is 3.36. The fourth-order valence-corrected chi connectivity index (χ4v) is 2.23. The van der Waals surface area contributed by atoms with Gasteiger partial charge in [0.15, 0.2) is 0 Å². The van der Waals surface area contributed by atoms with E-state index in [4.69, 9.17) is 4.74 Å². The summed E-state index contributed by atoms with van der Waals surface area (Å²) in [5.74, 6) is 0.266. The lowest BCUT2D eigenvalue weighted by Crippen LogP contribution is -2.42. The van der Waals surface area contributed by atoms with E-state index in [0.29, 0.717) is 0 Å². The van der Waals surface area contributed by atoms with Crippen molar-refractivity contribution in [1.29, 1.82) is 0 Å². The van der Waals surface area contributed by atoms with Crippen molar-refractivity contribution in [2.45, 2.75) is 31.4 Å². The number of carbonyl (C=O) groups is 1. The van der Waals surface area contributed by atoms with E-state index in [-0.39, 0.29) is 18.1 Å². The van der Waals surface area contributed by atoms with Crippen LogP contribution in [0.25, 0.3) is 0 Å². The van der Waals surface area contributed by atoms with Gasteiger partial charge in [-0.25, -0.2) is 0 Å². The third-order valence-electron chi connectivity index (χ3n) is 3.14. The van der Waals surface area contributed by atoms with Crippen LogP contribution in [-0.4, -0.2) is 49.7 Å². The molecule has 0 bridgehead atoms. The number of rotatable bonds is 2. The summed E-state index contributed by atoms with van der Waals surface area (Å²) in [6, 6.07) is -0.00181. The van der Waals surface area contributed by atoms with Gasteiger partial charge in [-0.2, -0.15) is 0 Å². The van der Waals surface area contributed by atoms with Gasteiger partial charge in [-0.15, -0.1) is 0 Å². The molecule has 4 heteroatoms. The van der Waals surface area contributed by atoms with E-state index in [1.54, 1.807) is 7.11 Å². The van der Waals surface area contributed by atoms with Crippen molar-refractivity contribution in [1.82, 2.24) is 10.2 Å². The number of ether oxygens (including phenoxy) is 1. The maximum absolute atomic E-state index is 11.9. The molecule has 0 aromatic rings. The van der Waals surface area contributed by atoms with Gasteiger partial charge in [-0.1, -0.05) is 0 Å². The summed E-state index contributed by atoms with van der Waals surface area (Å²) in [5, 5.41) is 3.22. The number of hydrogen-bond donors (Lipinski definition) is 1. The van der Waals surface area contributed by atoms with Crippen molar-refractivity contribution in [2.24, 2.45) is 0 Å². The highest BCUT2D eigenvalue weighted by Crippen LogP contribution is 2.15. The molecule has 1 N–H and O–H groups in total. The van der Waals surface area contributed by atoms with E-state index in [9.17, 15) is 4.79 Å². The summed E-state index contributed by atoms with van der Waals surface area (Å²) >= 11 is 0. The molecule has 0 aromatic carbocycles. The molecule has 80 valence electrons. The Morgan fingerprint density at radius 1 is 1.43 bits per heavy atom. The fourth-order valence-electron chi connectivity index (χ4n) is 2.23. The molecule has 2 heterocycles. The molecule has 0 spiro atoms. The van der Waals surface area contributed by atoms with Gasteiger partial charge in [0.25, 0.3) is 0 Å². The maximum atomic E-state index is 11.9. The summed E-state index contributed by atoms with van der Waals surface area (Å²) in [7, 11) is 1.70. The lowest BCUT2D eigenvalue weighted by atomic mass is 10.2. The van der Waals surface area contributed by atoms with Crippen molar-refractivity contribution in [3.8, 4) is 0 Å². The second kappa shape index (κ2) is 4.28. The van der Waals surface area contributed by atoms with Gasteiger partial charge < -0.3 is 15.0 Å². The standard InChI is InChI=1S/C10H18N2O2/c1-14-8-6-9(11-7-8)10(13)12-4-2-3-5-12/h8-9,11H,2-7H2,1H3/t8-,9-/m0/s1. The second-order valence-corrected chi connectivity index (χ2v) is 4.09. The lowest BCUT2D eigenvalue weighted by molar-refractivity contribution is -0.132. The zero-order chi connectivity index (χ0) is 9.97. The number of nitrogens with one attached hydrogen (secondary N) is 1. The zero-order valence-electron chi connectivity index (χ0n) is 8.66. The van der Waals surface area contributed by atoms with Crippen LogP contribution in [0.3, 0.4) is 0 Å². The van der Waals surface area contributed by atoms with E-state index in [1.165, 1.54) is 0 Å². The van der Waals surface area contributed by atoms with Crippen LogP contribution in [0.1, 0.15) is 19.3 Å². The minimum atomic E-state index is -0.00181. The molecule has 2 aliphatic heterocycles. The Balaban J connectivity index is 1.86. The quantitative estimate of drug-likeness (QED) is 0.678. The average molecular weight is 198 g/mol. The molecule has 2 atom stereocenters. The highest BCUT2D eigenvalue weighted by atomic mass is 16.5. The Hall–Kier alpha value is -0.610. The molecule has 2 aliphatic rings. The Bertz CT molecular complexity index is 214. The first-order valence-corrected chi connectivity index (χ1v) is 5.36. The molecule has 0 unspecified atom stereocenters. The normalized spacial score (nSPS) is 32.5. The predicted molar refractivity (Wildman–Crippen MR) is 53.0 cm³/mol. The van der Waals surface area contributed by atoms with Gasteiger partial charge in [0.2, 0.25) is 5.91 Å². The SMILES string of the molecule is CO[C@@H]1CN[C@H](C(=O)N2CCCC2)C1. The third-order valence-corrected chi connectivity index (χ3v) is 3.14. The molecule has 4 nitrogen and oxygen atoms in total. The molecular formula is C10H18N2O2. The summed E-state index contributed by atoms with van der Waals surface area (Å²) < 4.78 is 5.22. The molecule has 0 radical (unpaired) electrons.